The number of carbonyl (C=O) groups is 1. The molecule has 0 bridgehead atoms. The molecule has 0 radical (unpaired) electrons. The lowest BCUT2D eigenvalue weighted by molar-refractivity contribution is 0.216. The lowest BCUT2D eigenvalue weighted by Crippen LogP contribution is -2.30. The number of hydrazone groups is 1. The average molecular weight is 318 g/mol. The molecule has 0 aromatic heterocycles. The Labute approximate surface area is 137 Å². The number of hydrogen-bond donors (Lipinski definition) is 2. The van der Waals surface area contributed by atoms with Crippen molar-refractivity contribution in [3.05, 3.63) is 29.8 Å². The van der Waals surface area contributed by atoms with Gasteiger partial charge >= 0.3 is 6.03 Å². The second-order valence-corrected chi connectivity index (χ2v) is 5.76. The number of piperidine rings is 1. The Morgan fingerprint density at radius 3 is 2.65 bits per heavy atom. The van der Waals surface area contributed by atoms with Gasteiger partial charge in [0.1, 0.15) is 5.75 Å². The molecule has 0 unspecified atom stereocenters. The van der Waals surface area contributed by atoms with Gasteiger partial charge in [0.05, 0.1) is 12.8 Å². The van der Waals surface area contributed by atoms with Gasteiger partial charge < -0.3 is 15.4 Å². The van der Waals surface area contributed by atoms with Crippen LogP contribution in [0, 0.1) is 0 Å². The fraction of sp³-hybridized carbons (Fsp3) is 0.529. The molecule has 1 aliphatic rings. The minimum absolute atomic E-state index is 0.675. The number of nitrogens with one attached hydrogen (secondary N) is 1. The van der Waals surface area contributed by atoms with Gasteiger partial charge in [0, 0.05) is 0 Å². The summed E-state index contributed by atoms with van der Waals surface area (Å²) < 4.78 is 5.74. The summed E-state index contributed by atoms with van der Waals surface area (Å²) in [5.74, 6) is 0.850. The molecule has 1 aromatic rings. The van der Waals surface area contributed by atoms with Crippen molar-refractivity contribution in [3.63, 3.8) is 0 Å². The normalized spacial score (nSPS) is 15.7. The molecule has 23 heavy (non-hydrogen) atoms. The molecule has 0 aliphatic carbocycles. The van der Waals surface area contributed by atoms with E-state index in [9.17, 15) is 4.79 Å². The van der Waals surface area contributed by atoms with Gasteiger partial charge in [-0.25, -0.2) is 10.2 Å². The van der Waals surface area contributed by atoms with Crippen LogP contribution in [0.2, 0.25) is 0 Å². The first-order chi connectivity index (χ1) is 11.2. The van der Waals surface area contributed by atoms with Crippen LogP contribution >= 0.6 is 0 Å². The van der Waals surface area contributed by atoms with Crippen LogP contribution in [-0.4, -0.2) is 43.4 Å². The van der Waals surface area contributed by atoms with Gasteiger partial charge in [0.2, 0.25) is 0 Å². The summed E-state index contributed by atoms with van der Waals surface area (Å²) in [4.78, 5) is 13.0. The number of unbranched alkanes of at least 4 members (excludes halogenated alkanes) is 1. The molecule has 1 aromatic carbocycles. The Bertz CT molecular complexity index is 496. The number of nitrogens with two attached hydrogens (primary N) is 1. The van der Waals surface area contributed by atoms with Crippen molar-refractivity contribution < 1.29 is 9.53 Å². The fourth-order valence-electron chi connectivity index (χ4n) is 2.63. The maximum absolute atomic E-state index is 10.5. The van der Waals surface area contributed by atoms with Gasteiger partial charge in [0.25, 0.3) is 0 Å². The summed E-state index contributed by atoms with van der Waals surface area (Å²) in [6, 6.07) is 6.89. The van der Waals surface area contributed by atoms with Crippen molar-refractivity contribution in [2.45, 2.75) is 32.1 Å². The topological polar surface area (TPSA) is 80.0 Å². The van der Waals surface area contributed by atoms with Gasteiger partial charge in [0.15, 0.2) is 0 Å². The largest absolute Gasteiger partial charge is 0.494 e. The van der Waals surface area contributed by atoms with E-state index in [1.54, 1.807) is 0 Å². The van der Waals surface area contributed by atoms with Crippen LogP contribution in [0.15, 0.2) is 29.4 Å². The van der Waals surface area contributed by atoms with Crippen molar-refractivity contribution in [1.82, 2.24) is 10.3 Å². The van der Waals surface area contributed by atoms with Crippen molar-refractivity contribution >= 4 is 12.2 Å². The number of primary amides is 1. The highest BCUT2D eigenvalue weighted by molar-refractivity contribution is 5.81. The van der Waals surface area contributed by atoms with Crippen LogP contribution in [0.4, 0.5) is 4.79 Å². The van der Waals surface area contributed by atoms with Gasteiger partial charge in [-0.1, -0.05) is 6.42 Å². The Kier molecular flexibility index (Phi) is 7.39. The summed E-state index contributed by atoms with van der Waals surface area (Å²) in [5, 5.41) is 3.71. The van der Waals surface area contributed by atoms with Gasteiger partial charge in [-0.05, 0) is 75.1 Å². The SMILES string of the molecule is NC(=O)NN=Cc1ccc(OCCCCN2CCCCC2)cc1. The molecule has 1 aliphatic heterocycles. The second-order valence-electron chi connectivity index (χ2n) is 5.76. The van der Waals surface area contributed by atoms with E-state index in [1.807, 2.05) is 24.3 Å². The Morgan fingerprint density at radius 2 is 1.96 bits per heavy atom. The first-order valence-electron chi connectivity index (χ1n) is 8.28. The van der Waals surface area contributed by atoms with Gasteiger partial charge in [-0.2, -0.15) is 5.10 Å². The molecular weight excluding hydrogens is 292 g/mol. The van der Waals surface area contributed by atoms with Crippen LogP contribution in [0.25, 0.3) is 0 Å². The molecule has 1 fully saturated rings. The molecule has 1 heterocycles. The van der Waals surface area contributed by atoms with Gasteiger partial charge in [-0.3, -0.25) is 0 Å². The van der Waals surface area contributed by atoms with E-state index in [4.69, 9.17) is 10.5 Å². The highest BCUT2D eigenvalue weighted by atomic mass is 16.5. The highest BCUT2D eigenvalue weighted by Crippen LogP contribution is 2.12. The van der Waals surface area contributed by atoms with E-state index in [0.29, 0.717) is 0 Å². The van der Waals surface area contributed by atoms with E-state index >= 15 is 0 Å². The zero-order valence-electron chi connectivity index (χ0n) is 13.5. The Balaban J connectivity index is 1.60. The molecule has 3 N–H and O–H groups in total. The van der Waals surface area contributed by atoms with E-state index < -0.39 is 6.03 Å². The predicted molar refractivity (Wildman–Crippen MR) is 91.8 cm³/mol. The molecule has 6 nitrogen and oxygen atoms in total. The smallest absolute Gasteiger partial charge is 0.332 e. The lowest BCUT2D eigenvalue weighted by atomic mass is 10.1. The molecule has 126 valence electrons. The molecular formula is C17H26N4O2. The molecule has 0 spiro atoms. The highest BCUT2D eigenvalue weighted by Gasteiger charge is 2.08. The van der Waals surface area contributed by atoms with Crippen LogP contribution < -0.4 is 15.9 Å². The number of ether oxygens (including phenoxy) is 1. The number of benzene rings is 1. The minimum atomic E-state index is -0.675. The summed E-state index contributed by atoms with van der Waals surface area (Å²) in [7, 11) is 0. The monoisotopic (exact) mass is 318 g/mol. The minimum Gasteiger partial charge on any atom is -0.494 e. The number of hydrogen-bond acceptors (Lipinski definition) is 4. The fourth-order valence-corrected chi connectivity index (χ4v) is 2.63. The molecule has 1 saturated heterocycles. The predicted octanol–water partition coefficient (Wildman–Crippen LogP) is 2.33. The second kappa shape index (κ2) is 9.84. The quantitative estimate of drug-likeness (QED) is 0.438. The lowest BCUT2D eigenvalue weighted by Gasteiger charge is -2.26. The van der Waals surface area contributed by atoms with Gasteiger partial charge in [-0.15, -0.1) is 0 Å². The molecule has 2 rings (SSSR count). The maximum atomic E-state index is 10.5. The van der Waals surface area contributed by atoms with Crippen molar-refractivity contribution in [3.8, 4) is 5.75 Å². The third-order valence-corrected chi connectivity index (χ3v) is 3.85. The van der Waals surface area contributed by atoms with E-state index in [0.717, 1.165) is 24.3 Å². The standard InChI is InChI=1S/C17H26N4O2/c18-17(22)20-19-14-15-6-8-16(9-7-15)23-13-5-4-12-21-10-2-1-3-11-21/h6-9,14H,1-5,10-13H2,(H3,18,20,22). The number of likely N-dealkylation sites (tertiary alicyclic amines) is 1. The number of nitrogens with zero attached hydrogens (tertiary/aromatic N) is 2. The van der Waals surface area contributed by atoms with E-state index in [1.165, 1.54) is 51.5 Å². The Hall–Kier alpha value is -2.08. The number of urea groups is 1. The first-order valence-corrected chi connectivity index (χ1v) is 8.28. The number of carbonyl (C=O) groups excluding carboxylic acids is 1. The van der Waals surface area contributed by atoms with Crippen molar-refractivity contribution in [2.24, 2.45) is 10.8 Å². The van der Waals surface area contributed by atoms with Crippen LogP contribution in [0.3, 0.4) is 0 Å². The average Bonchev–Trinajstić information content (AvgIpc) is 2.56. The molecule has 6 heteroatoms. The van der Waals surface area contributed by atoms with E-state index in [-0.39, 0.29) is 0 Å². The third-order valence-electron chi connectivity index (χ3n) is 3.85. The molecule has 0 saturated carbocycles. The summed E-state index contributed by atoms with van der Waals surface area (Å²) in [6.07, 6.45) is 7.88. The zero-order chi connectivity index (χ0) is 16.3. The number of amides is 2. The summed E-state index contributed by atoms with van der Waals surface area (Å²) >= 11 is 0. The number of rotatable bonds is 8. The summed E-state index contributed by atoms with van der Waals surface area (Å²) in [5.41, 5.74) is 7.95. The zero-order valence-corrected chi connectivity index (χ0v) is 13.5. The van der Waals surface area contributed by atoms with Crippen molar-refractivity contribution in [2.75, 3.05) is 26.2 Å². The summed E-state index contributed by atoms with van der Waals surface area (Å²) in [6.45, 7) is 4.44. The van der Waals surface area contributed by atoms with E-state index in [2.05, 4.69) is 15.4 Å². The third kappa shape index (κ3) is 7.15. The molecule has 0 atom stereocenters. The van der Waals surface area contributed by atoms with Crippen molar-refractivity contribution in [1.29, 1.82) is 0 Å². The van der Waals surface area contributed by atoms with Crippen LogP contribution in [0.1, 0.15) is 37.7 Å². The maximum Gasteiger partial charge on any atom is 0.332 e. The van der Waals surface area contributed by atoms with Crippen LogP contribution in [0.5, 0.6) is 5.75 Å². The van der Waals surface area contributed by atoms with Crippen LogP contribution in [-0.2, 0) is 0 Å². The first kappa shape index (κ1) is 17.3. The Morgan fingerprint density at radius 1 is 1.22 bits per heavy atom. The molecule has 2 amide bonds.